The molecule has 1 rings (SSSR count). The first-order valence-corrected chi connectivity index (χ1v) is 7.21. The summed E-state index contributed by atoms with van der Waals surface area (Å²) < 4.78 is 5.59. The highest BCUT2D eigenvalue weighted by molar-refractivity contribution is 5.44. The van der Waals surface area contributed by atoms with E-state index in [0.29, 0.717) is 0 Å². The summed E-state index contributed by atoms with van der Waals surface area (Å²) in [6, 6.07) is 6.57. The Hall–Kier alpha value is -1.24. The normalized spacial score (nSPS) is 12.3. The van der Waals surface area contributed by atoms with Crippen molar-refractivity contribution in [2.45, 2.75) is 65.2 Å². The predicted molar refractivity (Wildman–Crippen MR) is 83.9 cm³/mol. The molecule has 1 nitrogen and oxygen atoms in total. The average molecular weight is 260 g/mol. The van der Waals surface area contributed by atoms with Gasteiger partial charge in [-0.1, -0.05) is 60.3 Å². The van der Waals surface area contributed by atoms with Gasteiger partial charge in [0.2, 0.25) is 0 Å². The molecule has 106 valence electrons. The van der Waals surface area contributed by atoms with Crippen LogP contribution in [0.3, 0.4) is 0 Å². The van der Waals surface area contributed by atoms with Gasteiger partial charge in [-0.05, 0) is 35.3 Å². The smallest absolute Gasteiger partial charge is 0.130 e. The molecule has 0 N–H and O–H groups in total. The summed E-state index contributed by atoms with van der Waals surface area (Å²) in [6.45, 7) is 17.2. The lowest BCUT2D eigenvalue weighted by molar-refractivity contribution is 0.432. The molecule has 0 fully saturated rings. The molecule has 0 saturated carbocycles. The zero-order valence-corrected chi connectivity index (χ0v) is 13.3. The Morgan fingerprint density at radius 3 is 2.11 bits per heavy atom. The second-order valence-electron chi connectivity index (χ2n) is 6.47. The van der Waals surface area contributed by atoms with E-state index in [9.17, 15) is 0 Å². The zero-order valence-electron chi connectivity index (χ0n) is 13.3. The molecule has 0 aliphatic heterocycles. The van der Waals surface area contributed by atoms with Crippen molar-refractivity contribution >= 4 is 0 Å². The summed E-state index contributed by atoms with van der Waals surface area (Å²) in [5.74, 6) is 0.928. The first kappa shape index (κ1) is 15.8. The molecule has 0 atom stereocenters. The average Bonchev–Trinajstić information content (AvgIpc) is 2.39. The maximum Gasteiger partial charge on any atom is 0.130 e. The van der Waals surface area contributed by atoms with Crippen molar-refractivity contribution in [2.24, 2.45) is 0 Å². The second-order valence-corrected chi connectivity index (χ2v) is 6.47. The van der Waals surface area contributed by atoms with Crippen LogP contribution in [0.25, 0.3) is 0 Å². The molecule has 19 heavy (non-hydrogen) atoms. The largest absolute Gasteiger partial charge is 0.465 e. The first-order valence-electron chi connectivity index (χ1n) is 7.21. The minimum absolute atomic E-state index is 0.109. The Morgan fingerprint density at radius 1 is 1.05 bits per heavy atom. The van der Waals surface area contributed by atoms with Gasteiger partial charge in [0, 0.05) is 5.56 Å². The molecule has 1 aromatic rings. The van der Waals surface area contributed by atoms with Gasteiger partial charge in [0.15, 0.2) is 0 Å². The zero-order chi connectivity index (χ0) is 14.7. The van der Waals surface area contributed by atoms with E-state index >= 15 is 0 Å². The van der Waals surface area contributed by atoms with Gasteiger partial charge in [-0.3, -0.25) is 0 Å². The van der Waals surface area contributed by atoms with Crippen molar-refractivity contribution < 1.29 is 4.74 Å². The standard InChI is InChI=1S/C18H28O/c1-8-17(4,5)14-11-12-16(19-10-3)15(13-14)18(6,7)9-2/h10-13H,3,8-9H2,1-2,4-7H3. The SMILES string of the molecule is C=COc1ccc(C(C)(C)CC)cc1C(C)(C)CC. The van der Waals surface area contributed by atoms with Crippen LogP contribution in [0, 0.1) is 0 Å². The quantitative estimate of drug-likeness (QED) is 0.606. The van der Waals surface area contributed by atoms with Crippen molar-refractivity contribution in [3.63, 3.8) is 0 Å². The lowest BCUT2D eigenvalue weighted by atomic mass is 9.76. The number of ether oxygens (including phenoxy) is 1. The van der Waals surface area contributed by atoms with Crippen LogP contribution in [0.1, 0.15) is 65.5 Å². The van der Waals surface area contributed by atoms with Gasteiger partial charge in [-0.2, -0.15) is 0 Å². The molecular formula is C18H28O. The second kappa shape index (κ2) is 5.81. The van der Waals surface area contributed by atoms with E-state index in [1.54, 1.807) is 0 Å². The van der Waals surface area contributed by atoms with E-state index in [-0.39, 0.29) is 10.8 Å². The van der Waals surface area contributed by atoms with E-state index in [0.717, 1.165) is 18.6 Å². The van der Waals surface area contributed by atoms with Crippen LogP contribution in [0.4, 0.5) is 0 Å². The number of rotatable bonds is 6. The maximum atomic E-state index is 5.59. The third kappa shape index (κ3) is 3.40. The van der Waals surface area contributed by atoms with Gasteiger partial charge in [0.25, 0.3) is 0 Å². The van der Waals surface area contributed by atoms with Crippen LogP contribution in [0.2, 0.25) is 0 Å². The van der Waals surface area contributed by atoms with Crippen LogP contribution in [-0.2, 0) is 10.8 Å². The highest BCUT2D eigenvalue weighted by atomic mass is 16.5. The van der Waals surface area contributed by atoms with E-state index in [1.165, 1.54) is 17.4 Å². The Morgan fingerprint density at radius 2 is 1.63 bits per heavy atom. The van der Waals surface area contributed by atoms with Crippen molar-refractivity contribution in [2.75, 3.05) is 0 Å². The van der Waals surface area contributed by atoms with Gasteiger partial charge < -0.3 is 4.74 Å². The Balaban J connectivity index is 3.38. The molecule has 1 aromatic carbocycles. The Labute approximate surface area is 118 Å². The fourth-order valence-electron chi connectivity index (χ4n) is 2.07. The van der Waals surface area contributed by atoms with E-state index < -0.39 is 0 Å². The summed E-state index contributed by atoms with van der Waals surface area (Å²) in [5.41, 5.74) is 2.96. The molecule has 0 heterocycles. The summed E-state index contributed by atoms with van der Waals surface area (Å²) in [6.07, 6.45) is 3.71. The van der Waals surface area contributed by atoms with Gasteiger partial charge in [-0.25, -0.2) is 0 Å². The number of hydrogen-bond donors (Lipinski definition) is 0. The van der Waals surface area contributed by atoms with Gasteiger partial charge in [-0.15, -0.1) is 0 Å². The van der Waals surface area contributed by atoms with E-state index in [2.05, 4.69) is 66.3 Å². The van der Waals surface area contributed by atoms with Crippen molar-refractivity contribution in [3.05, 3.63) is 42.2 Å². The third-order valence-electron chi connectivity index (χ3n) is 4.47. The lowest BCUT2D eigenvalue weighted by Crippen LogP contribution is -2.20. The summed E-state index contributed by atoms with van der Waals surface area (Å²) in [5, 5.41) is 0. The summed E-state index contributed by atoms with van der Waals surface area (Å²) >= 11 is 0. The molecule has 0 radical (unpaired) electrons. The predicted octanol–water partition coefficient (Wildman–Crippen LogP) is 5.58. The highest BCUT2D eigenvalue weighted by Crippen LogP contribution is 2.38. The maximum absolute atomic E-state index is 5.59. The van der Waals surface area contributed by atoms with Crippen LogP contribution in [0.15, 0.2) is 31.0 Å². The number of hydrogen-bond acceptors (Lipinski definition) is 1. The van der Waals surface area contributed by atoms with Gasteiger partial charge in [0.1, 0.15) is 5.75 Å². The molecule has 0 aliphatic rings. The van der Waals surface area contributed by atoms with E-state index in [4.69, 9.17) is 4.74 Å². The molecule has 0 unspecified atom stereocenters. The lowest BCUT2D eigenvalue weighted by Gasteiger charge is -2.30. The minimum atomic E-state index is 0.109. The molecule has 0 aromatic heterocycles. The van der Waals surface area contributed by atoms with Crippen molar-refractivity contribution in [1.82, 2.24) is 0 Å². The van der Waals surface area contributed by atoms with Crippen LogP contribution in [0.5, 0.6) is 5.75 Å². The summed E-state index contributed by atoms with van der Waals surface area (Å²) in [7, 11) is 0. The molecule has 0 spiro atoms. The van der Waals surface area contributed by atoms with Crippen LogP contribution < -0.4 is 4.74 Å². The summed E-state index contributed by atoms with van der Waals surface area (Å²) in [4.78, 5) is 0. The van der Waals surface area contributed by atoms with Crippen molar-refractivity contribution in [1.29, 1.82) is 0 Å². The third-order valence-corrected chi connectivity index (χ3v) is 4.47. The molecular weight excluding hydrogens is 232 g/mol. The fourth-order valence-corrected chi connectivity index (χ4v) is 2.07. The van der Waals surface area contributed by atoms with Crippen LogP contribution >= 0.6 is 0 Å². The van der Waals surface area contributed by atoms with E-state index in [1.807, 2.05) is 0 Å². The minimum Gasteiger partial charge on any atom is -0.465 e. The highest BCUT2D eigenvalue weighted by Gasteiger charge is 2.26. The molecule has 0 amide bonds. The molecule has 0 bridgehead atoms. The Bertz CT molecular complexity index is 441. The topological polar surface area (TPSA) is 9.23 Å². The van der Waals surface area contributed by atoms with Gasteiger partial charge >= 0.3 is 0 Å². The van der Waals surface area contributed by atoms with Crippen LogP contribution in [-0.4, -0.2) is 0 Å². The van der Waals surface area contributed by atoms with Crippen molar-refractivity contribution in [3.8, 4) is 5.75 Å². The van der Waals surface area contributed by atoms with Gasteiger partial charge in [0.05, 0.1) is 6.26 Å². The molecule has 0 aliphatic carbocycles. The number of benzene rings is 1. The first-order chi connectivity index (χ1) is 8.78. The Kier molecular flexibility index (Phi) is 4.84. The molecule has 1 heteroatoms. The monoisotopic (exact) mass is 260 g/mol. The fraction of sp³-hybridized carbons (Fsp3) is 0.556. The molecule has 0 saturated heterocycles.